The normalized spacial score (nSPS) is 23.4. The molecule has 1 saturated carbocycles. The van der Waals surface area contributed by atoms with Gasteiger partial charge in [-0.25, -0.2) is 8.78 Å². The molecule has 2 rings (SSSR count). The first-order valence-corrected chi connectivity index (χ1v) is 5.88. The second-order valence-corrected chi connectivity index (χ2v) is 4.47. The van der Waals surface area contributed by atoms with E-state index in [0.29, 0.717) is 18.5 Å². The van der Waals surface area contributed by atoms with E-state index in [1.54, 1.807) is 0 Å². The Balaban J connectivity index is 1.86. The summed E-state index contributed by atoms with van der Waals surface area (Å²) in [5.41, 5.74) is 0.157. The molecule has 1 aromatic rings. The quantitative estimate of drug-likeness (QED) is 0.811. The maximum atomic E-state index is 13.3. The highest BCUT2D eigenvalue weighted by atomic mass is 19.1. The lowest BCUT2D eigenvalue weighted by atomic mass is 10.2. The predicted molar refractivity (Wildman–Crippen MR) is 60.0 cm³/mol. The molecule has 16 heavy (non-hydrogen) atoms. The first-order chi connectivity index (χ1) is 7.72. The summed E-state index contributed by atoms with van der Waals surface area (Å²) in [5.74, 6) is -0.208. The second kappa shape index (κ2) is 4.91. The Labute approximate surface area is 94.9 Å². The smallest absolute Gasteiger partial charge is 0.130 e. The molecule has 2 atom stereocenters. The SMILES string of the molecule is CCCC1CC1NCc1c(F)cccc1F. The van der Waals surface area contributed by atoms with Gasteiger partial charge in [-0.15, -0.1) is 0 Å². The highest BCUT2D eigenvalue weighted by molar-refractivity contribution is 5.19. The molecule has 0 amide bonds. The Morgan fingerprint density at radius 3 is 2.62 bits per heavy atom. The third kappa shape index (κ3) is 2.59. The number of halogens is 2. The molecular weight excluding hydrogens is 208 g/mol. The van der Waals surface area contributed by atoms with Gasteiger partial charge in [0.1, 0.15) is 11.6 Å². The van der Waals surface area contributed by atoms with Crippen LogP contribution in [-0.2, 0) is 6.54 Å². The summed E-state index contributed by atoms with van der Waals surface area (Å²) in [7, 11) is 0. The molecule has 1 aliphatic carbocycles. The van der Waals surface area contributed by atoms with Crippen LogP contribution in [0.25, 0.3) is 0 Å². The average Bonchev–Trinajstić information content (AvgIpc) is 2.97. The van der Waals surface area contributed by atoms with Crippen molar-refractivity contribution in [2.75, 3.05) is 0 Å². The van der Waals surface area contributed by atoms with Gasteiger partial charge < -0.3 is 5.32 Å². The molecule has 3 heteroatoms. The summed E-state index contributed by atoms with van der Waals surface area (Å²) in [6.07, 6.45) is 3.53. The van der Waals surface area contributed by atoms with Gasteiger partial charge in [0.15, 0.2) is 0 Å². The van der Waals surface area contributed by atoms with E-state index in [4.69, 9.17) is 0 Å². The van der Waals surface area contributed by atoms with Crippen LogP contribution in [0.2, 0.25) is 0 Å². The monoisotopic (exact) mass is 225 g/mol. The lowest BCUT2D eigenvalue weighted by Crippen LogP contribution is -2.19. The van der Waals surface area contributed by atoms with Crippen LogP contribution in [-0.4, -0.2) is 6.04 Å². The van der Waals surface area contributed by atoms with Gasteiger partial charge in [-0.05, 0) is 30.9 Å². The summed E-state index contributed by atoms with van der Waals surface area (Å²) in [6.45, 7) is 2.45. The van der Waals surface area contributed by atoms with E-state index < -0.39 is 11.6 Å². The van der Waals surface area contributed by atoms with E-state index in [9.17, 15) is 8.78 Å². The Morgan fingerprint density at radius 2 is 2.00 bits per heavy atom. The highest BCUT2D eigenvalue weighted by Gasteiger charge is 2.35. The largest absolute Gasteiger partial charge is 0.309 e. The molecule has 0 spiro atoms. The van der Waals surface area contributed by atoms with Gasteiger partial charge in [-0.1, -0.05) is 19.4 Å². The zero-order valence-corrected chi connectivity index (χ0v) is 9.47. The molecule has 0 radical (unpaired) electrons. The number of benzene rings is 1. The zero-order valence-electron chi connectivity index (χ0n) is 9.47. The first kappa shape index (κ1) is 11.5. The second-order valence-electron chi connectivity index (χ2n) is 4.47. The lowest BCUT2D eigenvalue weighted by Gasteiger charge is -2.06. The van der Waals surface area contributed by atoms with Gasteiger partial charge in [-0.3, -0.25) is 0 Å². The van der Waals surface area contributed by atoms with E-state index >= 15 is 0 Å². The van der Waals surface area contributed by atoms with Crippen molar-refractivity contribution in [2.45, 2.75) is 38.8 Å². The van der Waals surface area contributed by atoms with Gasteiger partial charge in [0.2, 0.25) is 0 Å². The van der Waals surface area contributed by atoms with Crippen LogP contribution in [0.5, 0.6) is 0 Å². The fraction of sp³-hybridized carbons (Fsp3) is 0.538. The van der Waals surface area contributed by atoms with Crippen LogP contribution in [0.4, 0.5) is 8.78 Å². The van der Waals surface area contributed by atoms with Crippen LogP contribution < -0.4 is 5.32 Å². The number of rotatable bonds is 5. The van der Waals surface area contributed by atoms with Crippen molar-refractivity contribution in [3.63, 3.8) is 0 Å². The van der Waals surface area contributed by atoms with Crippen molar-refractivity contribution in [3.8, 4) is 0 Å². The molecule has 0 bridgehead atoms. The highest BCUT2D eigenvalue weighted by Crippen LogP contribution is 2.34. The molecule has 1 nitrogen and oxygen atoms in total. The van der Waals surface area contributed by atoms with Crippen molar-refractivity contribution in [3.05, 3.63) is 35.4 Å². The Kier molecular flexibility index (Phi) is 3.54. The molecule has 1 aliphatic rings. The van der Waals surface area contributed by atoms with E-state index in [-0.39, 0.29) is 5.56 Å². The number of hydrogen-bond donors (Lipinski definition) is 1. The fourth-order valence-corrected chi connectivity index (χ4v) is 2.12. The van der Waals surface area contributed by atoms with Crippen molar-refractivity contribution in [2.24, 2.45) is 5.92 Å². The maximum absolute atomic E-state index is 13.3. The van der Waals surface area contributed by atoms with Crippen LogP contribution in [0.1, 0.15) is 31.7 Å². The van der Waals surface area contributed by atoms with E-state index in [1.165, 1.54) is 31.0 Å². The van der Waals surface area contributed by atoms with Gasteiger partial charge in [0, 0.05) is 18.2 Å². The Morgan fingerprint density at radius 1 is 1.31 bits per heavy atom. The minimum atomic E-state index is -0.458. The van der Waals surface area contributed by atoms with Crippen LogP contribution in [0, 0.1) is 17.6 Å². The molecule has 0 saturated heterocycles. The van der Waals surface area contributed by atoms with Gasteiger partial charge in [0.25, 0.3) is 0 Å². The molecule has 1 N–H and O–H groups in total. The third-order valence-electron chi connectivity index (χ3n) is 3.18. The molecule has 2 unspecified atom stereocenters. The summed E-state index contributed by atoms with van der Waals surface area (Å²) in [5, 5.41) is 3.21. The van der Waals surface area contributed by atoms with Gasteiger partial charge >= 0.3 is 0 Å². The molecule has 0 aliphatic heterocycles. The molecule has 1 fully saturated rings. The predicted octanol–water partition coefficient (Wildman–Crippen LogP) is 3.24. The number of nitrogens with one attached hydrogen (secondary N) is 1. The summed E-state index contributed by atoms with van der Waals surface area (Å²) >= 11 is 0. The summed E-state index contributed by atoms with van der Waals surface area (Å²) in [6, 6.07) is 4.46. The lowest BCUT2D eigenvalue weighted by molar-refractivity contribution is 0.524. The minimum Gasteiger partial charge on any atom is -0.309 e. The van der Waals surface area contributed by atoms with Gasteiger partial charge in [0.05, 0.1) is 0 Å². The van der Waals surface area contributed by atoms with E-state index in [2.05, 4.69) is 12.2 Å². The molecule has 1 aromatic carbocycles. The summed E-state index contributed by atoms with van der Waals surface area (Å²) in [4.78, 5) is 0. The molecule has 0 aromatic heterocycles. The average molecular weight is 225 g/mol. The number of hydrogen-bond acceptors (Lipinski definition) is 1. The van der Waals surface area contributed by atoms with Crippen LogP contribution in [0.3, 0.4) is 0 Å². The third-order valence-corrected chi connectivity index (χ3v) is 3.18. The van der Waals surface area contributed by atoms with Gasteiger partial charge in [-0.2, -0.15) is 0 Å². The topological polar surface area (TPSA) is 12.0 Å². The fourth-order valence-electron chi connectivity index (χ4n) is 2.12. The first-order valence-electron chi connectivity index (χ1n) is 5.88. The van der Waals surface area contributed by atoms with Crippen molar-refractivity contribution in [1.82, 2.24) is 5.32 Å². The molecule has 0 heterocycles. The van der Waals surface area contributed by atoms with Crippen molar-refractivity contribution >= 4 is 0 Å². The molecular formula is C13H17F2N. The minimum absolute atomic E-state index is 0.157. The van der Waals surface area contributed by atoms with Crippen LogP contribution in [0.15, 0.2) is 18.2 Å². The van der Waals surface area contributed by atoms with E-state index in [1.807, 2.05) is 0 Å². The maximum Gasteiger partial charge on any atom is 0.130 e. The summed E-state index contributed by atoms with van der Waals surface area (Å²) < 4.78 is 26.6. The zero-order chi connectivity index (χ0) is 11.5. The van der Waals surface area contributed by atoms with Crippen molar-refractivity contribution in [1.29, 1.82) is 0 Å². The standard InChI is InChI=1S/C13H17F2N/c1-2-4-9-7-13(9)16-8-10-11(14)5-3-6-12(10)15/h3,5-6,9,13,16H,2,4,7-8H2,1H3. The molecule has 88 valence electrons. The van der Waals surface area contributed by atoms with Crippen molar-refractivity contribution < 1.29 is 8.78 Å². The Hall–Kier alpha value is -0.960. The Bertz CT molecular complexity index is 345. The van der Waals surface area contributed by atoms with E-state index in [0.717, 1.165) is 6.42 Å². The van der Waals surface area contributed by atoms with Crippen LogP contribution >= 0.6 is 0 Å².